The van der Waals surface area contributed by atoms with Crippen LogP contribution in [-0.4, -0.2) is 30.2 Å². The van der Waals surface area contributed by atoms with Crippen LogP contribution >= 0.6 is 0 Å². The fourth-order valence-electron chi connectivity index (χ4n) is 3.30. The van der Waals surface area contributed by atoms with E-state index in [1.807, 2.05) is 30.3 Å². The molecule has 0 saturated carbocycles. The van der Waals surface area contributed by atoms with Gasteiger partial charge in [0.05, 0.1) is 12.6 Å². The van der Waals surface area contributed by atoms with Crippen LogP contribution < -0.4 is 9.64 Å². The van der Waals surface area contributed by atoms with Crippen LogP contribution in [0.2, 0.25) is 0 Å². The Labute approximate surface area is 162 Å². The molecule has 0 atom stereocenters. The molecule has 1 heterocycles. The second-order valence-corrected chi connectivity index (χ2v) is 7.81. The fraction of sp³-hybridized carbons (Fsp3) is 0.391. The van der Waals surface area contributed by atoms with Crippen molar-refractivity contribution >= 4 is 16.7 Å². The standard InChI is InChI=1S/C23H29N3O/c1-16(2)14-26(15-17(3)4)23-20-8-6-7-9-21(20)24-22(25-23)18-10-12-19(27-5)13-11-18/h6-13,16-17H,14-15H2,1-5H3. The Hall–Kier alpha value is -2.62. The first-order valence-corrected chi connectivity index (χ1v) is 9.64. The molecule has 3 aromatic rings. The Morgan fingerprint density at radius 2 is 1.48 bits per heavy atom. The van der Waals surface area contributed by atoms with Gasteiger partial charge in [0.2, 0.25) is 0 Å². The Bertz CT molecular complexity index is 878. The third-order valence-corrected chi connectivity index (χ3v) is 4.40. The minimum Gasteiger partial charge on any atom is -0.497 e. The summed E-state index contributed by atoms with van der Waals surface area (Å²) < 4.78 is 5.28. The minimum atomic E-state index is 0.557. The lowest BCUT2D eigenvalue weighted by Gasteiger charge is -2.28. The summed E-state index contributed by atoms with van der Waals surface area (Å²) in [5, 5.41) is 1.11. The van der Waals surface area contributed by atoms with E-state index in [1.54, 1.807) is 7.11 Å². The second-order valence-electron chi connectivity index (χ2n) is 7.81. The molecule has 0 N–H and O–H groups in total. The van der Waals surface area contributed by atoms with Crippen LogP contribution in [0.25, 0.3) is 22.3 Å². The number of hydrogen-bond donors (Lipinski definition) is 0. The lowest BCUT2D eigenvalue weighted by Crippen LogP contribution is -2.32. The van der Waals surface area contributed by atoms with Crippen LogP contribution in [0.1, 0.15) is 27.7 Å². The molecule has 0 fully saturated rings. The van der Waals surface area contributed by atoms with Gasteiger partial charge in [-0.15, -0.1) is 0 Å². The molecule has 0 saturated heterocycles. The van der Waals surface area contributed by atoms with Crippen LogP contribution in [0.15, 0.2) is 48.5 Å². The van der Waals surface area contributed by atoms with Gasteiger partial charge in [-0.05, 0) is 48.2 Å². The van der Waals surface area contributed by atoms with Crippen molar-refractivity contribution in [2.45, 2.75) is 27.7 Å². The number of hydrogen-bond acceptors (Lipinski definition) is 4. The summed E-state index contributed by atoms with van der Waals surface area (Å²) in [6, 6.07) is 16.2. The summed E-state index contributed by atoms with van der Waals surface area (Å²) >= 11 is 0. The van der Waals surface area contributed by atoms with Crippen molar-refractivity contribution in [3.8, 4) is 17.1 Å². The van der Waals surface area contributed by atoms with Gasteiger partial charge in [0, 0.05) is 24.0 Å². The van der Waals surface area contributed by atoms with E-state index in [2.05, 4.69) is 50.8 Å². The molecule has 2 aromatic carbocycles. The largest absolute Gasteiger partial charge is 0.497 e. The topological polar surface area (TPSA) is 38.2 Å². The van der Waals surface area contributed by atoms with Crippen LogP contribution in [0.4, 0.5) is 5.82 Å². The molecule has 1 aromatic heterocycles. The van der Waals surface area contributed by atoms with Crippen molar-refractivity contribution in [2.75, 3.05) is 25.1 Å². The molecular weight excluding hydrogens is 334 g/mol. The highest BCUT2D eigenvalue weighted by Gasteiger charge is 2.17. The van der Waals surface area contributed by atoms with Gasteiger partial charge < -0.3 is 9.64 Å². The lowest BCUT2D eigenvalue weighted by atomic mass is 10.1. The third kappa shape index (κ3) is 4.57. The average Bonchev–Trinajstić information content (AvgIpc) is 2.66. The zero-order chi connectivity index (χ0) is 19.4. The Morgan fingerprint density at radius 1 is 0.852 bits per heavy atom. The average molecular weight is 364 g/mol. The summed E-state index contributed by atoms with van der Waals surface area (Å²) in [4.78, 5) is 12.2. The van der Waals surface area contributed by atoms with Gasteiger partial charge in [0.25, 0.3) is 0 Å². The van der Waals surface area contributed by atoms with Gasteiger partial charge in [-0.2, -0.15) is 0 Å². The molecule has 0 amide bonds. The number of methoxy groups -OCH3 is 1. The van der Waals surface area contributed by atoms with E-state index in [1.165, 1.54) is 0 Å². The van der Waals surface area contributed by atoms with E-state index < -0.39 is 0 Å². The van der Waals surface area contributed by atoms with Crippen molar-refractivity contribution < 1.29 is 4.74 Å². The highest BCUT2D eigenvalue weighted by atomic mass is 16.5. The quantitative estimate of drug-likeness (QED) is 0.561. The fourth-order valence-corrected chi connectivity index (χ4v) is 3.30. The summed E-state index contributed by atoms with van der Waals surface area (Å²) in [6.45, 7) is 11.0. The first-order valence-electron chi connectivity index (χ1n) is 9.64. The number of anilines is 1. The Morgan fingerprint density at radius 3 is 2.07 bits per heavy atom. The predicted molar refractivity (Wildman–Crippen MR) is 113 cm³/mol. The second kappa shape index (κ2) is 8.38. The van der Waals surface area contributed by atoms with Crippen molar-refractivity contribution in [3.05, 3.63) is 48.5 Å². The SMILES string of the molecule is COc1ccc(-c2nc(N(CC(C)C)CC(C)C)c3ccccc3n2)cc1. The summed E-state index contributed by atoms with van der Waals surface area (Å²) in [5.41, 5.74) is 1.97. The number of nitrogens with zero attached hydrogens (tertiary/aromatic N) is 3. The van der Waals surface area contributed by atoms with E-state index >= 15 is 0 Å². The van der Waals surface area contributed by atoms with Crippen molar-refractivity contribution in [1.29, 1.82) is 0 Å². The Kier molecular flexibility index (Phi) is 5.94. The molecule has 4 nitrogen and oxygen atoms in total. The monoisotopic (exact) mass is 363 g/mol. The van der Waals surface area contributed by atoms with Gasteiger partial charge in [-0.25, -0.2) is 9.97 Å². The number of ether oxygens (including phenoxy) is 1. The highest BCUT2D eigenvalue weighted by molar-refractivity contribution is 5.91. The van der Waals surface area contributed by atoms with Crippen LogP contribution in [-0.2, 0) is 0 Å². The number of para-hydroxylation sites is 1. The maximum atomic E-state index is 5.28. The molecule has 142 valence electrons. The molecule has 0 unspecified atom stereocenters. The molecule has 0 bridgehead atoms. The van der Waals surface area contributed by atoms with Gasteiger partial charge in [-0.1, -0.05) is 39.8 Å². The van der Waals surface area contributed by atoms with Crippen LogP contribution in [0.5, 0.6) is 5.75 Å². The molecule has 0 aliphatic carbocycles. The number of fused-ring (bicyclic) bond motifs is 1. The third-order valence-electron chi connectivity index (χ3n) is 4.40. The van der Waals surface area contributed by atoms with Crippen LogP contribution in [0, 0.1) is 11.8 Å². The van der Waals surface area contributed by atoms with Crippen LogP contribution in [0.3, 0.4) is 0 Å². The summed E-state index contributed by atoms with van der Waals surface area (Å²) in [5.74, 6) is 3.72. The van der Waals surface area contributed by atoms with Gasteiger partial charge in [-0.3, -0.25) is 0 Å². The molecule has 3 rings (SSSR count). The first-order chi connectivity index (χ1) is 13.0. The first kappa shape index (κ1) is 19.2. The summed E-state index contributed by atoms with van der Waals surface area (Å²) in [6.07, 6.45) is 0. The van der Waals surface area contributed by atoms with E-state index in [-0.39, 0.29) is 0 Å². The molecule has 4 heteroatoms. The number of rotatable bonds is 7. The molecule has 0 radical (unpaired) electrons. The maximum Gasteiger partial charge on any atom is 0.162 e. The van der Waals surface area contributed by atoms with Crippen molar-refractivity contribution in [2.24, 2.45) is 11.8 Å². The normalized spacial score (nSPS) is 11.4. The smallest absolute Gasteiger partial charge is 0.162 e. The van der Waals surface area contributed by atoms with E-state index in [4.69, 9.17) is 14.7 Å². The molecule has 0 spiro atoms. The Balaban J connectivity index is 2.13. The predicted octanol–water partition coefficient (Wildman–Crippen LogP) is 5.42. The maximum absolute atomic E-state index is 5.28. The van der Waals surface area contributed by atoms with Gasteiger partial charge in [0.15, 0.2) is 5.82 Å². The number of aromatic nitrogens is 2. The van der Waals surface area contributed by atoms with E-state index in [0.717, 1.165) is 46.9 Å². The minimum absolute atomic E-state index is 0.557. The molecular formula is C23H29N3O. The van der Waals surface area contributed by atoms with Gasteiger partial charge in [0.1, 0.15) is 11.6 Å². The number of benzene rings is 2. The lowest BCUT2D eigenvalue weighted by molar-refractivity contribution is 0.415. The van der Waals surface area contributed by atoms with E-state index in [9.17, 15) is 0 Å². The zero-order valence-corrected chi connectivity index (χ0v) is 16.9. The zero-order valence-electron chi connectivity index (χ0n) is 16.9. The van der Waals surface area contributed by atoms with Crippen molar-refractivity contribution in [3.63, 3.8) is 0 Å². The van der Waals surface area contributed by atoms with E-state index in [0.29, 0.717) is 11.8 Å². The van der Waals surface area contributed by atoms with Gasteiger partial charge >= 0.3 is 0 Å². The molecule has 27 heavy (non-hydrogen) atoms. The summed E-state index contributed by atoms with van der Waals surface area (Å²) in [7, 11) is 1.68. The molecule has 0 aliphatic rings. The molecule has 0 aliphatic heterocycles. The highest BCUT2D eigenvalue weighted by Crippen LogP contribution is 2.29. The van der Waals surface area contributed by atoms with Crippen molar-refractivity contribution in [1.82, 2.24) is 9.97 Å².